The number of nitrogens with zero attached hydrogens (tertiary/aromatic N) is 2. The monoisotopic (exact) mass is 409 g/mol. The van der Waals surface area contributed by atoms with E-state index >= 15 is 0 Å². The Labute approximate surface area is 186 Å². The highest BCUT2D eigenvalue weighted by Gasteiger charge is 2.12. The minimum absolute atomic E-state index is 0.325. The molecule has 1 aromatic heterocycles. The fourth-order valence-electron chi connectivity index (χ4n) is 4.22. The number of pyridine rings is 1. The molecule has 0 bridgehead atoms. The number of benzene rings is 1. The minimum Gasteiger partial charge on any atom is -0.382 e. The van der Waals surface area contributed by atoms with Crippen molar-refractivity contribution >= 4 is 5.71 Å². The first-order valence-electron chi connectivity index (χ1n) is 11.1. The molecule has 158 valence electrons. The zero-order valence-corrected chi connectivity index (χ0v) is 18.7. The summed E-state index contributed by atoms with van der Waals surface area (Å²) in [5, 5.41) is 3.58. The minimum atomic E-state index is 0.325. The van der Waals surface area contributed by atoms with Crippen LogP contribution in [0.3, 0.4) is 0 Å². The summed E-state index contributed by atoms with van der Waals surface area (Å²) in [5.41, 5.74) is 9.58. The maximum Gasteiger partial charge on any atom is 0.0484 e. The molecule has 1 atom stereocenters. The number of hydrogen-bond acceptors (Lipinski definition) is 3. The van der Waals surface area contributed by atoms with Crippen molar-refractivity contribution in [3.8, 4) is 0 Å². The lowest BCUT2D eigenvalue weighted by atomic mass is 9.95. The van der Waals surface area contributed by atoms with E-state index in [2.05, 4.69) is 98.9 Å². The van der Waals surface area contributed by atoms with Crippen molar-refractivity contribution in [3.63, 3.8) is 0 Å². The molecule has 4 rings (SSSR count). The van der Waals surface area contributed by atoms with Crippen LogP contribution >= 0.6 is 0 Å². The molecule has 0 saturated carbocycles. The Balaban J connectivity index is 1.62. The molecule has 0 fully saturated rings. The summed E-state index contributed by atoms with van der Waals surface area (Å²) in [6, 6.07) is 13.6. The summed E-state index contributed by atoms with van der Waals surface area (Å²) in [4.78, 5) is 9.52. The van der Waals surface area contributed by atoms with Crippen molar-refractivity contribution in [1.82, 2.24) is 10.3 Å². The van der Waals surface area contributed by atoms with Gasteiger partial charge in [0.05, 0.1) is 0 Å². The Morgan fingerprint density at radius 3 is 2.61 bits per heavy atom. The number of dihydropyridines is 1. The van der Waals surface area contributed by atoms with Gasteiger partial charge in [-0.2, -0.15) is 0 Å². The Morgan fingerprint density at radius 2 is 1.81 bits per heavy atom. The van der Waals surface area contributed by atoms with Crippen molar-refractivity contribution in [2.75, 3.05) is 0 Å². The first kappa shape index (κ1) is 21.0. The van der Waals surface area contributed by atoms with Gasteiger partial charge in [0.2, 0.25) is 0 Å². The van der Waals surface area contributed by atoms with Crippen LogP contribution < -0.4 is 5.32 Å². The van der Waals surface area contributed by atoms with Crippen molar-refractivity contribution in [2.24, 2.45) is 4.99 Å². The van der Waals surface area contributed by atoms with E-state index in [0.717, 1.165) is 48.5 Å². The Bertz CT molecular complexity index is 1100. The van der Waals surface area contributed by atoms with Crippen LogP contribution in [0.5, 0.6) is 0 Å². The summed E-state index contributed by atoms with van der Waals surface area (Å²) in [7, 11) is 0. The molecular weight excluding hydrogens is 378 g/mol. The normalized spacial score (nSPS) is 18.0. The van der Waals surface area contributed by atoms with Gasteiger partial charge in [0.15, 0.2) is 0 Å². The molecule has 3 nitrogen and oxygen atoms in total. The number of aromatic nitrogens is 1. The number of hydrogen-bond donors (Lipinski definition) is 1. The van der Waals surface area contributed by atoms with E-state index in [9.17, 15) is 0 Å². The first-order chi connectivity index (χ1) is 15.0. The third-order valence-electron chi connectivity index (χ3n) is 5.57. The highest BCUT2D eigenvalue weighted by molar-refractivity contribution is 5.97. The number of allylic oxidation sites excluding steroid dienone is 7. The fraction of sp³-hybridized carbons (Fsp3) is 0.286. The second-order valence-corrected chi connectivity index (χ2v) is 8.56. The molecule has 0 saturated heterocycles. The smallest absolute Gasteiger partial charge is 0.0484 e. The van der Waals surface area contributed by atoms with E-state index in [-0.39, 0.29) is 0 Å². The maximum absolute atomic E-state index is 4.80. The van der Waals surface area contributed by atoms with Crippen LogP contribution in [0.4, 0.5) is 0 Å². The quantitative estimate of drug-likeness (QED) is 0.654. The van der Waals surface area contributed by atoms with Gasteiger partial charge in [-0.3, -0.25) is 9.98 Å². The lowest BCUT2D eigenvalue weighted by Gasteiger charge is -2.20. The highest BCUT2D eigenvalue weighted by atomic mass is 14.9. The van der Waals surface area contributed by atoms with Gasteiger partial charge in [0, 0.05) is 47.4 Å². The van der Waals surface area contributed by atoms with E-state index in [1.165, 1.54) is 22.4 Å². The lowest BCUT2D eigenvalue weighted by Crippen LogP contribution is -2.29. The summed E-state index contributed by atoms with van der Waals surface area (Å²) in [6.45, 7) is 6.25. The van der Waals surface area contributed by atoms with Crippen LogP contribution in [0.25, 0.3) is 0 Å². The average molecular weight is 410 g/mol. The fourth-order valence-corrected chi connectivity index (χ4v) is 4.22. The van der Waals surface area contributed by atoms with Gasteiger partial charge < -0.3 is 5.32 Å². The molecule has 1 N–H and O–H groups in total. The second-order valence-electron chi connectivity index (χ2n) is 8.56. The Morgan fingerprint density at radius 1 is 1.00 bits per heavy atom. The molecule has 0 spiro atoms. The van der Waals surface area contributed by atoms with E-state index in [1.54, 1.807) is 0 Å². The molecule has 2 aromatic rings. The van der Waals surface area contributed by atoms with Gasteiger partial charge in [-0.25, -0.2) is 0 Å². The molecule has 2 aliphatic heterocycles. The molecule has 1 aromatic carbocycles. The Kier molecular flexibility index (Phi) is 6.61. The van der Waals surface area contributed by atoms with Crippen LogP contribution in [0, 0.1) is 6.92 Å². The zero-order chi connectivity index (χ0) is 21.6. The average Bonchev–Trinajstić information content (AvgIpc) is 2.91. The van der Waals surface area contributed by atoms with Crippen LogP contribution in [0.1, 0.15) is 48.3 Å². The summed E-state index contributed by atoms with van der Waals surface area (Å²) in [5.74, 6) is 0. The Hall–Kier alpha value is -3.20. The van der Waals surface area contributed by atoms with Gasteiger partial charge in [0.1, 0.15) is 0 Å². The van der Waals surface area contributed by atoms with Crippen molar-refractivity contribution in [1.29, 1.82) is 0 Å². The molecule has 2 aliphatic rings. The molecule has 3 heteroatoms. The first-order valence-corrected chi connectivity index (χ1v) is 11.1. The molecule has 1 unspecified atom stereocenters. The van der Waals surface area contributed by atoms with Gasteiger partial charge in [-0.05, 0) is 74.6 Å². The third-order valence-corrected chi connectivity index (χ3v) is 5.57. The summed E-state index contributed by atoms with van der Waals surface area (Å²) >= 11 is 0. The third kappa shape index (κ3) is 6.14. The van der Waals surface area contributed by atoms with Crippen molar-refractivity contribution in [3.05, 3.63) is 112 Å². The van der Waals surface area contributed by atoms with E-state index < -0.39 is 0 Å². The number of aliphatic imine (C=N–C) groups is 1. The second kappa shape index (κ2) is 9.74. The highest BCUT2D eigenvalue weighted by Crippen LogP contribution is 2.19. The molecular formula is C28H31N3. The molecule has 3 heterocycles. The van der Waals surface area contributed by atoms with Gasteiger partial charge in [0.25, 0.3) is 0 Å². The molecule has 0 radical (unpaired) electrons. The van der Waals surface area contributed by atoms with Crippen LogP contribution in [0.2, 0.25) is 0 Å². The van der Waals surface area contributed by atoms with E-state index in [4.69, 9.17) is 9.98 Å². The van der Waals surface area contributed by atoms with Crippen molar-refractivity contribution < 1.29 is 0 Å². The van der Waals surface area contributed by atoms with Crippen LogP contribution in [0.15, 0.2) is 89.2 Å². The molecule has 0 amide bonds. The van der Waals surface area contributed by atoms with Crippen LogP contribution in [-0.2, 0) is 19.3 Å². The van der Waals surface area contributed by atoms with E-state index in [1.807, 2.05) is 0 Å². The molecule has 0 aliphatic carbocycles. The van der Waals surface area contributed by atoms with Gasteiger partial charge in [-0.1, -0.05) is 48.6 Å². The largest absolute Gasteiger partial charge is 0.382 e. The van der Waals surface area contributed by atoms with Gasteiger partial charge >= 0.3 is 0 Å². The number of nitrogens with one attached hydrogen (secondary N) is 1. The predicted octanol–water partition coefficient (Wildman–Crippen LogP) is 5.80. The zero-order valence-electron chi connectivity index (χ0n) is 18.7. The van der Waals surface area contributed by atoms with E-state index in [0.29, 0.717) is 6.04 Å². The summed E-state index contributed by atoms with van der Waals surface area (Å²) < 4.78 is 0. The number of rotatable bonds is 6. The van der Waals surface area contributed by atoms with Crippen molar-refractivity contribution in [2.45, 2.75) is 52.5 Å². The standard InChI is InChI=1S/C28H31N3/c1-20-8-4-5-11-26(29-20)17-23-14-24(18-27-12-6-9-21(2)30-27)16-25(15-23)19-28-13-7-10-22(3)31-28/h5-16,27,30H,4,17-19H2,1-3H3. The summed E-state index contributed by atoms with van der Waals surface area (Å²) in [6.07, 6.45) is 16.7. The SMILES string of the molecule is CC1=CCC=CC(Cc2cc(Cc3cccc(C)n3)cc(CC3C=CC=C(C)N3)c2)=N1. The van der Waals surface area contributed by atoms with Gasteiger partial charge in [-0.15, -0.1) is 0 Å². The number of aryl methyl sites for hydroxylation is 1. The maximum atomic E-state index is 4.80. The lowest BCUT2D eigenvalue weighted by molar-refractivity contribution is 0.657. The predicted molar refractivity (Wildman–Crippen MR) is 130 cm³/mol. The molecule has 31 heavy (non-hydrogen) atoms. The van der Waals surface area contributed by atoms with Crippen LogP contribution in [-0.4, -0.2) is 16.7 Å². The topological polar surface area (TPSA) is 37.3 Å².